The second-order valence-corrected chi connectivity index (χ2v) is 6.46. The molecule has 0 radical (unpaired) electrons. The third-order valence-corrected chi connectivity index (χ3v) is 4.91. The standard InChI is InChI=1S/C14H18Cl2N2/c15-12-2-1-11(7-13(12)16)8-18-9-14(10-18)3-5-17-6-4-14/h1-2,7,17H,3-6,8-10H2. The Hall–Kier alpha value is -0.280. The molecule has 0 amide bonds. The Morgan fingerprint density at radius 1 is 1.11 bits per heavy atom. The predicted molar refractivity (Wildman–Crippen MR) is 76.3 cm³/mol. The lowest BCUT2D eigenvalue weighted by atomic mass is 9.72. The Kier molecular flexibility index (Phi) is 3.55. The average Bonchev–Trinajstić information content (AvgIpc) is 2.33. The predicted octanol–water partition coefficient (Wildman–Crippen LogP) is 3.18. The van der Waals surface area contributed by atoms with Crippen LogP contribution in [-0.2, 0) is 6.54 Å². The zero-order valence-corrected chi connectivity index (χ0v) is 11.9. The van der Waals surface area contributed by atoms with Crippen molar-refractivity contribution in [1.82, 2.24) is 10.2 Å². The minimum absolute atomic E-state index is 0.599. The van der Waals surface area contributed by atoms with Crippen LogP contribution in [0.4, 0.5) is 0 Å². The van der Waals surface area contributed by atoms with Crippen LogP contribution in [0.5, 0.6) is 0 Å². The van der Waals surface area contributed by atoms with Crippen molar-refractivity contribution < 1.29 is 0 Å². The van der Waals surface area contributed by atoms with E-state index in [9.17, 15) is 0 Å². The first-order valence-electron chi connectivity index (χ1n) is 6.54. The Morgan fingerprint density at radius 2 is 1.83 bits per heavy atom. The Labute approximate surface area is 118 Å². The van der Waals surface area contributed by atoms with Crippen LogP contribution in [0.2, 0.25) is 10.0 Å². The van der Waals surface area contributed by atoms with Crippen molar-refractivity contribution >= 4 is 23.2 Å². The summed E-state index contributed by atoms with van der Waals surface area (Å²) in [4.78, 5) is 2.50. The second-order valence-electron chi connectivity index (χ2n) is 5.64. The Balaban J connectivity index is 1.57. The molecule has 1 aromatic carbocycles. The van der Waals surface area contributed by atoms with E-state index in [0.29, 0.717) is 15.5 Å². The fourth-order valence-corrected chi connectivity index (χ4v) is 3.50. The summed E-state index contributed by atoms with van der Waals surface area (Å²) in [5, 5.41) is 4.73. The van der Waals surface area contributed by atoms with Crippen LogP contribution in [0.3, 0.4) is 0 Å². The van der Waals surface area contributed by atoms with Gasteiger partial charge in [0, 0.05) is 19.6 Å². The molecule has 1 spiro atoms. The van der Waals surface area contributed by atoms with E-state index >= 15 is 0 Å². The van der Waals surface area contributed by atoms with Crippen LogP contribution in [0.25, 0.3) is 0 Å². The summed E-state index contributed by atoms with van der Waals surface area (Å²) < 4.78 is 0. The summed E-state index contributed by atoms with van der Waals surface area (Å²) >= 11 is 12.0. The second kappa shape index (κ2) is 5.01. The van der Waals surface area contributed by atoms with E-state index in [1.54, 1.807) is 0 Å². The van der Waals surface area contributed by atoms with Gasteiger partial charge in [0.25, 0.3) is 0 Å². The van der Waals surface area contributed by atoms with Gasteiger partial charge in [-0.05, 0) is 49.0 Å². The fourth-order valence-electron chi connectivity index (χ4n) is 3.18. The lowest BCUT2D eigenvalue weighted by Crippen LogP contribution is -2.59. The first-order chi connectivity index (χ1) is 8.67. The molecular weight excluding hydrogens is 267 g/mol. The molecule has 0 unspecified atom stereocenters. The molecule has 2 aliphatic rings. The van der Waals surface area contributed by atoms with Gasteiger partial charge in [-0.3, -0.25) is 4.90 Å². The molecule has 4 heteroatoms. The van der Waals surface area contributed by atoms with E-state index in [4.69, 9.17) is 23.2 Å². The third-order valence-electron chi connectivity index (χ3n) is 4.17. The number of hydrogen-bond donors (Lipinski definition) is 1. The van der Waals surface area contributed by atoms with Gasteiger partial charge in [0.2, 0.25) is 0 Å². The molecule has 0 atom stereocenters. The van der Waals surface area contributed by atoms with Gasteiger partial charge in [-0.15, -0.1) is 0 Å². The van der Waals surface area contributed by atoms with Crippen LogP contribution in [0.15, 0.2) is 18.2 Å². The van der Waals surface area contributed by atoms with Crippen LogP contribution in [0, 0.1) is 5.41 Å². The van der Waals surface area contributed by atoms with Crippen molar-refractivity contribution in [2.75, 3.05) is 26.2 Å². The molecule has 3 rings (SSSR count). The lowest BCUT2D eigenvalue weighted by molar-refractivity contribution is -0.0282. The zero-order chi connectivity index (χ0) is 12.6. The summed E-state index contributed by atoms with van der Waals surface area (Å²) in [6.45, 7) is 5.82. The summed E-state index contributed by atoms with van der Waals surface area (Å²) in [5.74, 6) is 0. The van der Waals surface area contributed by atoms with E-state index in [1.807, 2.05) is 12.1 Å². The van der Waals surface area contributed by atoms with Gasteiger partial charge in [-0.2, -0.15) is 0 Å². The number of nitrogens with one attached hydrogen (secondary N) is 1. The quantitative estimate of drug-likeness (QED) is 0.897. The SMILES string of the molecule is Clc1ccc(CN2CC3(CCNCC3)C2)cc1Cl. The van der Waals surface area contributed by atoms with Crippen LogP contribution in [-0.4, -0.2) is 31.1 Å². The highest BCUT2D eigenvalue weighted by molar-refractivity contribution is 6.42. The molecule has 0 aromatic heterocycles. The van der Waals surface area contributed by atoms with Gasteiger partial charge >= 0.3 is 0 Å². The minimum Gasteiger partial charge on any atom is -0.317 e. The molecule has 0 aliphatic carbocycles. The van der Waals surface area contributed by atoms with Gasteiger partial charge < -0.3 is 5.32 Å². The molecule has 2 nitrogen and oxygen atoms in total. The van der Waals surface area contributed by atoms with E-state index in [0.717, 1.165) is 6.54 Å². The molecule has 2 fully saturated rings. The number of rotatable bonds is 2. The topological polar surface area (TPSA) is 15.3 Å². The number of halogens is 2. The summed E-state index contributed by atoms with van der Waals surface area (Å²) in [6, 6.07) is 5.94. The van der Waals surface area contributed by atoms with Crippen molar-refractivity contribution in [3.8, 4) is 0 Å². The smallest absolute Gasteiger partial charge is 0.0595 e. The van der Waals surface area contributed by atoms with Gasteiger partial charge in [0.15, 0.2) is 0 Å². The lowest BCUT2D eigenvalue weighted by Gasteiger charge is -2.52. The highest BCUT2D eigenvalue weighted by Gasteiger charge is 2.42. The maximum atomic E-state index is 6.04. The number of piperidine rings is 1. The average molecular weight is 285 g/mol. The number of nitrogens with zero attached hydrogens (tertiary/aromatic N) is 1. The van der Waals surface area contributed by atoms with Gasteiger partial charge in [0.05, 0.1) is 10.0 Å². The first-order valence-corrected chi connectivity index (χ1v) is 7.30. The van der Waals surface area contributed by atoms with E-state index in [1.165, 1.54) is 44.6 Å². The first kappa shape index (κ1) is 12.7. The molecule has 2 heterocycles. The van der Waals surface area contributed by atoms with Crippen molar-refractivity contribution in [3.63, 3.8) is 0 Å². The summed E-state index contributed by atoms with van der Waals surface area (Å²) in [6.07, 6.45) is 2.65. The van der Waals surface area contributed by atoms with Crippen molar-refractivity contribution in [1.29, 1.82) is 0 Å². The monoisotopic (exact) mass is 284 g/mol. The fraction of sp³-hybridized carbons (Fsp3) is 0.571. The van der Waals surface area contributed by atoms with Crippen molar-refractivity contribution in [2.45, 2.75) is 19.4 Å². The molecule has 2 saturated heterocycles. The molecule has 1 N–H and O–H groups in total. The maximum absolute atomic E-state index is 6.04. The Morgan fingerprint density at radius 3 is 2.50 bits per heavy atom. The summed E-state index contributed by atoms with van der Waals surface area (Å²) in [7, 11) is 0. The van der Waals surface area contributed by atoms with Gasteiger partial charge in [-0.1, -0.05) is 29.3 Å². The number of benzene rings is 1. The number of hydrogen-bond acceptors (Lipinski definition) is 2. The van der Waals surface area contributed by atoms with E-state index in [2.05, 4.69) is 16.3 Å². The normalized spacial score (nSPS) is 23.0. The van der Waals surface area contributed by atoms with Gasteiger partial charge in [-0.25, -0.2) is 0 Å². The highest BCUT2D eigenvalue weighted by atomic mass is 35.5. The third kappa shape index (κ3) is 2.53. The van der Waals surface area contributed by atoms with Crippen LogP contribution in [0.1, 0.15) is 18.4 Å². The van der Waals surface area contributed by atoms with Crippen molar-refractivity contribution in [3.05, 3.63) is 33.8 Å². The molecular formula is C14H18Cl2N2. The summed E-state index contributed by atoms with van der Waals surface area (Å²) in [5.41, 5.74) is 1.86. The van der Waals surface area contributed by atoms with E-state index in [-0.39, 0.29) is 0 Å². The highest BCUT2D eigenvalue weighted by Crippen LogP contribution is 2.39. The van der Waals surface area contributed by atoms with E-state index < -0.39 is 0 Å². The minimum atomic E-state index is 0.599. The molecule has 98 valence electrons. The largest absolute Gasteiger partial charge is 0.317 e. The maximum Gasteiger partial charge on any atom is 0.0595 e. The van der Waals surface area contributed by atoms with Crippen LogP contribution >= 0.6 is 23.2 Å². The van der Waals surface area contributed by atoms with Gasteiger partial charge in [0.1, 0.15) is 0 Å². The van der Waals surface area contributed by atoms with Crippen LogP contribution < -0.4 is 5.32 Å². The molecule has 2 aliphatic heterocycles. The Bertz CT molecular complexity index is 433. The molecule has 0 saturated carbocycles. The zero-order valence-electron chi connectivity index (χ0n) is 10.4. The number of likely N-dealkylation sites (tertiary alicyclic amines) is 1. The molecule has 1 aromatic rings. The molecule has 0 bridgehead atoms. The molecule has 18 heavy (non-hydrogen) atoms. The van der Waals surface area contributed by atoms with Crippen molar-refractivity contribution in [2.24, 2.45) is 5.41 Å².